The van der Waals surface area contributed by atoms with Gasteiger partial charge in [-0.05, 0) is 52.1 Å². The van der Waals surface area contributed by atoms with E-state index in [-0.39, 0.29) is 11.7 Å². The Morgan fingerprint density at radius 2 is 1.89 bits per heavy atom. The molecule has 0 saturated carbocycles. The highest BCUT2D eigenvalue weighted by Gasteiger charge is 2.30. The second kappa shape index (κ2) is 6.50. The summed E-state index contributed by atoms with van der Waals surface area (Å²) >= 11 is 1.74. The van der Waals surface area contributed by atoms with E-state index in [9.17, 15) is 9.90 Å². The van der Waals surface area contributed by atoms with Crippen molar-refractivity contribution in [2.75, 3.05) is 13.1 Å². The van der Waals surface area contributed by atoms with Gasteiger partial charge in [0.15, 0.2) is 0 Å². The summed E-state index contributed by atoms with van der Waals surface area (Å²) < 4.78 is 1.23. The van der Waals surface area contributed by atoms with Gasteiger partial charge in [0.25, 0.3) is 0 Å². The summed E-state index contributed by atoms with van der Waals surface area (Å²) in [5.74, 6) is 0.681. The van der Waals surface area contributed by atoms with E-state index in [0.717, 1.165) is 34.3 Å². The predicted molar refractivity (Wildman–Crippen MR) is 116 cm³/mol. The van der Waals surface area contributed by atoms with Crippen molar-refractivity contribution in [3.05, 3.63) is 78.9 Å². The Bertz CT molecular complexity index is 1230. The van der Waals surface area contributed by atoms with Crippen molar-refractivity contribution in [3.8, 4) is 16.2 Å². The molecule has 3 nitrogen and oxygen atoms in total. The van der Waals surface area contributed by atoms with Gasteiger partial charge in [0.1, 0.15) is 5.75 Å². The first-order valence-electron chi connectivity index (χ1n) is 9.29. The lowest BCUT2D eigenvalue weighted by molar-refractivity contribution is -0.130. The SMILES string of the molecule is C=CC(=O)N1CC(c2ccc3cc(-c4cc(O)cc5ccccc45)sc3c2)C1. The van der Waals surface area contributed by atoms with Crippen LogP contribution in [-0.4, -0.2) is 29.0 Å². The van der Waals surface area contributed by atoms with E-state index >= 15 is 0 Å². The average Bonchev–Trinajstić information content (AvgIpc) is 3.09. The summed E-state index contributed by atoms with van der Waals surface area (Å²) in [5.41, 5.74) is 2.33. The molecule has 138 valence electrons. The molecule has 1 aliphatic rings. The summed E-state index contributed by atoms with van der Waals surface area (Å²) in [6.07, 6.45) is 1.38. The first kappa shape index (κ1) is 17.0. The highest BCUT2D eigenvalue weighted by atomic mass is 32.1. The molecule has 1 fully saturated rings. The fraction of sp³-hybridized carbons (Fsp3) is 0.125. The Kier molecular flexibility index (Phi) is 3.95. The third-order valence-electron chi connectivity index (χ3n) is 5.50. The number of nitrogens with zero attached hydrogens (tertiary/aromatic N) is 1. The van der Waals surface area contributed by atoms with Crippen molar-refractivity contribution < 1.29 is 9.90 Å². The number of hydrogen-bond acceptors (Lipinski definition) is 3. The maximum atomic E-state index is 11.7. The summed E-state index contributed by atoms with van der Waals surface area (Å²) in [4.78, 5) is 14.6. The van der Waals surface area contributed by atoms with Crippen molar-refractivity contribution in [1.82, 2.24) is 4.90 Å². The molecule has 3 aromatic carbocycles. The minimum atomic E-state index is 0.00602. The second-order valence-electron chi connectivity index (χ2n) is 7.27. The molecule has 1 amide bonds. The average molecular weight is 385 g/mol. The van der Waals surface area contributed by atoms with Gasteiger partial charge in [0, 0.05) is 34.1 Å². The molecule has 0 radical (unpaired) electrons. The van der Waals surface area contributed by atoms with Crippen molar-refractivity contribution in [1.29, 1.82) is 0 Å². The van der Waals surface area contributed by atoms with Crippen molar-refractivity contribution in [2.45, 2.75) is 5.92 Å². The molecule has 4 heteroatoms. The zero-order chi connectivity index (χ0) is 19.3. The van der Waals surface area contributed by atoms with Gasteiger partial charge < -0.3 is 10.0 Å². The molecular weight excluding hydrogens is 366 g/mol. The molecule has 0 unspecified atom stereocenters. The van der Waals surface area contributed by atoms with Gasteiger partial charge in [0.2, 0.25) is 5.91 Å². The van der Waals surface area contributed by atoms with E-state index in [1.54, 1.807) is 17.4 Å². The number of thiophene rings is 1. The minimum absolute atomic E-state index is 0.00602. The van der Waals surface area contributed by atoms with Gasteiger partial charge in [-0.25, -0.2) is 0 Å². The number of fused-ring (bicyclic) bond motifs is 2. The second-order valence-corrected chi connectivity index (χ2v) is 8.35. The molecule has 0 atom stereocenters. The number of carbonyl (C=O) groups is 1. The molecule has 1 saturated heterocycles. The standard InChI is InChI=1S/C24H19NO2S/c1-2-24(27)25-13-18(14-25)15-7-8-17-11-23(28-22(17)10-15)21-12-19(26)9-16-5-3-4-6-20(16)21/h2-12,18,26H,1,13-14H2. The maximum Gasteiger partial charge on any atom is 0.245 e. The lowest BCUT2D eigenvalue weighted by Crippen LogP contribution is -2.47. The highest BCUT2D eigenvalue weighted by Crippen LogP contribution is 2.40. The molecule has 0 spiro atoms. The smallest absolute Gasteiger partial charge is 0.245 e. The van der Waals surface area contributed by atoms with Gasteiger partial charge in [-0.1, -0.05) is 43.0 Å². The van der Waals surface area contributed by atoms with Gasteiger partial charge in [-0.15, -0.1) is 11.3 Å². The molecular formula is C24H19NO2S. The van der Waals surface area contributed by atoms with Gasteiger partial charge >= 0.3 is 0 Å². The molecule has 28 heavy (non-hydrogen) atoms. The van der Waals surface area contributed by atoms with Gasteiger partial charge in [-0.3, -0.25) is 4.79 Å². The molecule has 5 rings (SSSR count). The van der Waals surface area contributed by atoms with E-state index in [4.69, 9.17) is 0 Å². The van der Waals surface area contributed by atoms with E-state index in [0.29, 0.717) is 5.92 Å². The van der Waals surface area contributed by atoms with Gasteiger partial charge in [-0.2, -0.15) is 0 Å². The van der Waals surface area contributed by atoms with Gasteiger partial charge in [0.05, 0.1) is 0 Å². The number of hydrogen-bond donors (Lipinski definition) is 1. The lowest BCUT2D eigenvalue weighted by atomic mass is 9.91. The van der Waals surface area contributed by atoms with Crippen LogP contribution in [0.15, 0.2) is 73.3 Å². The zero-order valence-corrected chi connectivity index (χ0v) is 16.1. The van der Waals surface area contributed by atoms with Crippen molar-refractivity contribution in [3.63, 3.8) is 0 Å². The number of phenolic OH excluding ortho intramolecular Hbond substituents is 1. The number of aromatic hydroxyl groups is 1. The number of benzene rings is 3. The van der Waals surface area contributed by atoms with E-state index < -0.39 is 0 Å². The maximum absolute atomic E-state index is 11.7. The topological polar surface area (TPSA) is 40.5 Å². The molecule has 1 aromatic heterocycles. The molecule has 2 heterocycles. The zero-order valence-electron chi connectivity index (χ0n) is 15.3. The van der Waals surface area contributed by atoms with Crippen LogP contribution in [-0.2, 0) is 4.79 Å². The number of phenols is 1. The normalized spacial score (nSPS) is 14.4. The third kappa shape index (κ3) is 2.77. The lowest BCUT2D eigenvalue weighted by Gasteiger charge is -2.39. The molecule has 0 aliphatic carbocycles. The first-order chi connectivity index (χ1) is 13.6. The van der Waals surface area contributed by atoms with Crippen LogP contribution in [0.3, 0.4) is 0 Å². The fourth-order valence-electron chi connectivity index (χ4n) is 3.93. The highest BCUT2D eigenvalue weighted by molar-refractivity contribution is 7.22. The van der Waals surface area contributed by atoms with Crippen LogP contribution >= 0.6 is 11.3 Å². The summed E-state index contributed by atoms with van der Waals surface area (Å²) in [6.45, 7) is 5.07. The predicted octanol–water partition coefficient (Wildman–Crippen LogP) is 5.54. The van der Waals surface area contributed by atoms with E-state index in [1.165, 1.54) is 21.7 Å². The number of likely N-dealkylation sites (tertiary alicyclic amines) is 1. The van der Waals surface area contributed by atoms with E-state index in [1.807, 2.05) is 29.2 Å². The molecule has 1 N–H and O–H groups in total. The van der Waals surface area contributed by atoms with Crippen molar-refractivity contribution in [2.24, 2.45) is 0 Å². The number of amides is 1. The van der Waals surface area contributed by atoms with Crippen LogP contribution in [0.1, 0.15) is 11.5 Å². The fourth-order valence-corrected chi connectivity index (χ4v) is 5.07. The largest absolute Gasteiger partial charge is 0.508 e. The van der Waals surface area contributed by atoms with Crippen LogP contribution in [0.5, 0.6) is 5.75 Å². The van der Waals surface area contributed by atoms with Crippen LogP contribution in [0.25, 0.3) is 31.3 Å². The summed E-state index contributed by atoms with van der Waals surface area (Å²) in [7, 11) is 0. The molecule has 0 bridgehead atoms. The number of carbonyl (C=O) groups excluding carboxylic acids is 1. The Hall–Kier alpha value is -3.11. The molecule has 4 aromatic rings. The third-order valence-corrected chi connectivity index (χ3v) is 6.63. The quantitative estimate of drug-likeness (QED) is 0.471. The molecule has 1 aliphatic heterocycles. The Labute approximate surface area is 167 Å². The van der Waals surface area contributed by atoms with Crippen LogP contribution in [0.4, 0.5) is 0 Å². The summed E-state index contributed by atoms with van der Waals surface area (Å²) in [6, 6.07) is 20.6. The van der Waals surface area contributed by atoms with Crippen LogP contribution < -0.4 is 0 Å². The Balaban J connectivity index is 1.52. The van der Waals surface area contributed by atoms with Crippen LogP contribution in [0, 0.1) is 0 Å². The van der Waals surface area contributed by atoms with Crippen molar-refractivity contribution >= 4 is 38.1 Å². The monoisotopic (exact) mass is 385 g/mol. The van der Waals surface area contributed by atoms with Crippen LogP contribution in [0.2, 0.25) is 0 Å². The minimum Gasteiger partial charge on any atom is -0.508 e. The Morgan fingerprint density at radius 3 is 2.71 bits per heavy atom. The van der Waals surface area contributed by atoms with E-state index in [2.05, 4.69) is 36.9 Å². The number of rotatable bonds is 3. The first-order valence-corrected chi connectivity index (χ1v) is 10.1. The Morgan fingerprint density at radius 1 is 1.07 bits per heavy atom. The summed E-state index contributed by atoms with van der Waals surface area (Å²) in [5, 5.41) is 13.5.